The number of benzene rings is 1. The molecule has 0 aromatic heterocycles. The van der Waals surface area contributed by atoms with Gasteiger partial charge in [0, 0.05) is 5.41 Å². The Kier molecular flexibility index (Phi) is 3.01. The van der Waals surface area contributed by atoms with Gasteiger partial charge in [-0.15, -0.1) is 0 Å². The maximum atomic E-state index is 12.2. The number of esters is 2. The number of hydrogen-bond donors (Lipinski definition) is 1. The molecule has 1 unspecified atom stereocenters. The predicted octanol–water partition coefficient (Wildman–Crippen LogP) is 0.651. The Bertz CT molecular complexity index is 567. The Morgan fingerprint density at radius 3 is 2.95 bits per heavy atom. The summed E-state index contributed by atoms with van der Waals surface area (Å²) in [7, 11) is 1.31. The maximum absolute atomic E-state index is 12.2. The van der Waals surface area contributed by atoms with E-state index in [1.54, 1.807) is 0 Å². The lowest BCUT2D eigenvalue weighted by Gasteiger charge is -2.39. The zero-order chi connectivity index (χ0) is 14.3. The van der Waals surface area contributed by atoms with Crippen molar-refractivity contribution in [3.63, 3.8) is 0 Å². The SMILES string of the molecule is COC(=O)[C@H]1c2ccccc2C[C@@]2(CO)COC(=O)C12. The van der Waals surface area contributed by atoms with Gasteiger partial charge in [-0.3, -0.25) is 9.59 Å². The summed E-state index contributed by atoms with van der Waals surface area (Å²) in [5, 5.41) is 9.78. The van der Waals surface area contributed by atoms with Gasteiger partial charge in [0.25, 0.3) is 0 Å². The van der Waals surface area contributed by atoms with E-state index in [1.165, 1.54) is 7.11 Å². The van der Waals surface area contributed by atoms with Gasteiger partial charge in [0.15, 0.2) is 0 Å². The summed E-state index contributed by atoms with van der Waals surface area (Å²) < 4.78 is 10.0. The molecule has 20 heavy (non-hydrogen) atoms. The van der Waals surface area contributed by atoms with Gasteiger partial charge in [0.2, 0.25) is 0 Å². The molecular formula is C15H16O5. The van der Waals surface area contributed by atoms with Crippen molar-refractivity contribution in [3.05, 3.63) is 35.4 Å². The molecule has 1 aromatic carbocycles. The van der Waals surface area contributed by atoms with Gasteiger partial charge in [0.1, 0.15) is 6.61 Å². The summed E-state index contributed by atoms with van der Waals surface area (Å²) in [5.74, 6) is -2.26. The van der Waals surface area contributed by atoms with Crippen LogP contribution in [0.4, 0.5) is 0 Å². The first kappa shape index (κ1) is 13.1. The number of rotatable bonds is 2. The molecule has 3 atom stereocenters. The lowest BCUT2D eigenvalue weighted by atomic mass is 9.61. The predicted molar refractivity (Wildman–Crippen MR) is 68.9 cm³/mol. The van der Waals surface area contributed by atoms with Gasteiger partial charge >= 0.3 is 11.9 Å². The third kappa shape index (κ3) is 1.66. The molecule has 106 valence electrons. The fourth-order valence-electron chi connectivity index (χ4n) is 3.44. The molecule has 0 bridgehead atoms. The van der Waals surface area contributed by atoms with E-state index in [9.17, 15) is 14.7 Å². The van der Waals surface area contributed by atoms with Crippen LogP contribution in [0.5, 0.6) is 0 Å². The lowest BCUT2D eigenvalue weighted by molar-refractivity contribution is -0.152. The molecular weight excluding hydrogens is 260 g/mol. The lowest BCUT2D eigenvalue weighted by Crippen LogP contribution is -2.46. The highest BCUT2D eigenvalue weighted by atomic mass is 16.5. The zero-order valence-electron chi connectivity index (χ0n) is 11.2. The van der Waals surface area contributed by atoms with Crippen LogP contribution < -0.4 is 0 Å². The molecule has 1 fully saturated rings. The standard InChI is InChI=1S/C15H16O5/c1-19-13(17)11-10-5-3-2-4-9(10)6-15(7-16)8-20-14(18)12(11)15/h2-5,11-12,16H,6-8H2,1H3/t11-,12?,15+/m0/s1. The average molecular weight is 276 g/mol. The van der Waals surface area contributed by atoms with Gasteiger partial charge in [-0.1, -0.05) is 24.3 Å². The van der Waals surface area contributed by atoms with Crippen LogP contribution in [-0.2, 0) is 25.5 Å². The third-order valence-electron chi connectivity index (χ3n) is 4.45. The van der Waals surface area contributed by atoms with Crippen molar-refractivity contribution in [2.75, 3.05) is 20.3 Å². The van der Waals surface area contributed by atoms with Crippen LogP contribution in [-0.4, -0.2) is 37.4 Å². The van der Waals surface area contributed by atoms with Crippen molar-refractivity contribution < 1.29 is 24.2 Å². The van der Waals surface area contributed by atoms with Gasteiger partial charge in [0.05, 0.1) is 25.6 Å². The van der Waals surface area contributed by atoms with Crippen LogP contribution in [0.1, 0.15) is 17.0 Å². The zero-order valence-corrected chi connectivity index (χ0v) is 11.2. The number of ether oxygens (including phenoxy) is 2. The smallest absolute Gasteiger partial charge is 0.314 e. The summed E-state index contributed by atoms with van der Waals surface area (Å²) in [6.45, 7) is -0.0416. The van der Waals surface area contributed by atoms with Gasteiger partial charge in [-0.2, -0.15) is 0 Å². The largest absolute Gasteiger partial charge is 0.469 e. The van der Waals surface area contributed by atoms with Crippen LogP contribution in [0.25, 0.3) is 0 Å². The molecule has 1 saturated heterocycles. The molecule has 5 nitrogen and oxygen atoms in total. The number of aliphatic hydroxyl groups excluding tert-OH is 1. The summed E-state index contributed by atoms with van der Waals surface area (Å²) in [4.78, 5) is 24.2. The van der Waals surface area contributed by atoms with Crippen molar-refractivity contribution in [1.29, 1.82) is 0 Å². The normalized spacial score (nSPS) is 31.2. The Hall–Kier alpha value is -1.88. The van der Waals surface area contributed by atoms with E-state index in [0.29, 0.717) is 6.42 Å². The number of methoxy groups -OCH3 is 1. The van der Waals surface area contributed by atoms with E-state index >= 15 is 0 Å². The van der Waals surface area contributed by atoms with Crippen molar-refractivity contribution in [1.82, 2.24) is 0 Å². The second kappa shape index (κ2) is 4.59. The minimum atomic E-state index is -0.718. The number of cyclic esters (lactones) is 1. The molecule has 1 aromatic rings. The summed E-state index contributed by atoms with van der Waals surface area (Å²) in [6, 6.07) is 7.47. The second-order valence-corrected chi connectivity index (χ2v) is 5.48. The fourth-order valence-corrected chi connectivity index (χ4v) is 3.44. The van der Waals surface area contributed by atoms with E-state index in [2.05, 4.69) is 0 Å². The monoisotopic (exact) mass is 276 g/mol. The Morgan fingerprint density at radius 1 is 1.50 bits per heavy atom. The average Bonchev–Trinajstić information content (AvgIpc) is 2.82. The van der Waals surface area contributed by atoms with Crippen molar-refractivity contribution in [3.8, 4) is 0 Å². The first-order valence-electron chi connectivity index (χ1n) is 6.56. The van der Waals surface area contributed by atoms with E-state index in [4.69, 9.17) is 9.47 Å². The van der Waals surface area contributed by atoms with Crippen LogP contribution in [0, 0.1) is 11.3 Å². The van der Waals surface area contributed by atoms with E-state index < -0.39 is 29.2 Å². The molecule has 0 saturated carbocycles. The number of carbonyl (C=O) groups excluding carboxylic acids is 2. The molecule has 1 N–H and O–H groups in total. The molecule has 2 aliphatic rings. The molecule has 1 heterocycles. The minimum absolute atomic E-state index is 0.148. The second-order valence-electron chi connectivity index (χ2n) is 5.48. The van der Waals surface area contributed by atoms with Crippen molar-refractivity contribution >= 4 is 11.9 Å². The summed E-state index contributed by atoms with van der Waals surface area (Å²) >= 11 is 0. The molecule has 1 aliphatic carbocycles. The summed E-state index contributed by atoms with van der Waals surface area (Å²) in [5.41, 5.74) is 1.04. The molecule has 0 radical (unpaired) electrons. The Balaban J connectivity index is 2.17. The molecule has 1 aliphatic heterocycles. The highest BCUT2D eigenvalue weighted by Gasteiger charge is 2.59. The number of hydrogen-bond acceptors (Lipinski definition) is 5. The fraction of sp³-hybridized carbons (Fsp3) is 0.467. The molecule has 0 amide bonds. The van der Waals surface area contributed by atoms with Gasteiger partial charge in [-0.05, 0) is 17.5 Å². The van der Waals surface area contributed by atoms with Gasteiger partial charge in [-0.25, -0.2) is 0 Å². The molecule has 0 spiro atoms. The highest BCUT2D eigenvalue weighted by molar-refractivity contribution is 5.89. The summed E-state index contributed by atoms with van der Waals surface area (Å²) in [6.07, 6.45) is 0.531. The van der Waals surface area contributed by atoms with E-state index in [-0.39, 0.29) is 13.2 Å². The topological polar surface area (TPSA) is 72.8 Å². The van der Waals surface area contributed by atoms with E-state index in [0.717, 1.165) is 11.1 Å². The van der Waals surface area contributed by atoms with Crippen molar-refractivity contribution in [2.45, 2.75) is 12.3 Å². The van der Waals surface area contributed by atoms with Crippen LogP contribution in [0.15, 0.2) is 24.3 Å². The first-order chi connectivity index (χ1) is 9.63. The number of aliphatic hydroxyl groups is 1. The first-order valence-corrected chi connectivity index (χ1v) is 6.56. The number of fused-ring (bicyclic) bond motifs is 2. The Morgan fingerprint density at radius 2 is 2.25 bits per heavy atom. The highest BCUT2D eigenvalue weighted by Crippen LogP contribution is 2.51. The van der Waals surface area contributed by atoms with Crippen LogP contribution in [0.2, 0.25) is 0 Å². The van der Waals surface area contributed by atoms with Crippen LogP contribution >= 0.6 is 0 Å². The van der Waals surface area contributed by atoms with E-state index in [1.807, 2.05) is 24.3 Å². The van der Waals surface area contributed by atoms with Crippen LogP contribution in [0.3, 0.4) is 0 Å². The third-order valence-corrected chi connectivity index (χ3v) is 4.45. The quantitative estimate of drug-likeness (QED) is 0.803. The Labute approximate surface area is 116 Å². The van der Waals surface area contributed by atoms with Gasteiger partial charge < -0.3 is 14.6 Å². The maximum Gasteiger partial charge on any atom is 0.314 e. The molecule has 5 heteroatoms. The molecule has 3 rings (SSSR count). The number of carbonyl (C=O) groups is 2. The minimum Gasteiger partial charge on any atom is -0.469 e. The van der Waals surface area contributed by atoms with Crippen molar-refractivity contribution in [2.24, 2.45) is 11.3 Å².